The number of esters is 1. The van der Waals surface area contributed by atoms with E-state index in [1.807, 2.05) is 0 Å². The smallest absolute Gasteiger partial charge is 0.412 e. The highest BCUT2D eigenvalue weighted by molar-refractivity contribution is 9.11. The quantitative estimate of drug-likeness (QED) is 0.210. The molecule has 2 aromatic carbocycles. The van der Waals surface area contributed by atoms with Gasteiger partial charge in [-0.3, -0.25) is 5.43 Å². The van der Waals surface area contributed by atoms with Gasteiger partial charge in [0.2, 0.25) is 5.71 Å². The van der Waals surface area contributed by atoms with Gasteiger partial charge in [-0.15, -0.1) is 0 Å². The Labute approximate surface area is 188 Å². The Bertz CT molecular complexity index is 1090. The number of rotatable bonds is 6. The third kappa shape index (κ3) is 5.82. The highest BCUT2D eigenvalue weighted by atomic mass is 79.9. The first-order valence-electron chi connectivity index (χ1n) is 8.03. The van der Waals surface area contributed by atoms with Crippen LogP contribution < -0.4 is 15.9 Å². The molecule has 1 amide bonds. The first-order chi connectivity index (χ1) is 14.1. The van der Waals surface area contributed by atoms with Crippen LogP contribution in [0.4, 0.5) is 10.5 Å². The number of primary amides is 1. The standard InChI is InChI=1S/C19H14Br2N4O5/c1-9(2)12-7-11(3-4-16(12)26)29-17-13(20)5-10(6-14(17)21)24-25-15(8-22)18(27)30-19(23)28/h3-7,24,26H,1H2,2H3,(H2,23,28). The normalized spacial score (nSPS) is 10.7. The number of hydrogen-bond donors (Lipinski definition) is 3. The molecule has 0 fully saturated rings. The van der Waals surface area contributed by atoms with Gasteiger partial charge in [-0.2, -0.15) is 10.4 Å². The maximum absolute atomic E-state index is 11.5. The lowest BCUT2D eigenvalue weighted by atomic mass is 10.1. The Kier molecular flexibility index (Phi) is 7.57. The molecule has 0 unspecified atom stereocenters. The number of amides is 1. The van der Waals surface area contributed by atoms with Crippen LogP contribution in [0.25, 0.3) is 5.57 Å². The van der Waals surface area contributed by atoms with Gasteiger partial charge in [0.05, 0.1) is 14.6 Å². The lowest BCUT2D eigenvalue weighted by Crippen LogP contribution is -2.24. The van der Waals surface area contributed by atoms with Crippen LogP contribution >= 0.6 is 31.9 Å². The molecule has 0 aromatic heterocycles. The fraction of sp³-hybridized carbons (Fsp3) is 0.0526. The van der Waals surface area contributed by atoms with E-state index in [1.165, 1.54) is 12.1 Å². The second kappa shape index (κ2) is 9.91. The summed E-state index contributed by atoms with van der Waals surface area (Å²) in [6.45, 7) is 5.58. The minimum absolute atomic E-state index is 0.0913. The number of nitrogens with two attached hydrogens (primary N) is 1. The maximum Gasteiger partial charge on any atom is 0.412 e. The highest BCUT2D eigenvalue weighted by Crippen LogP contribution is 2.40. The molecular formula is C19H14Br2N4O5. The monoisotopic (exact) mass is 536 g/mol. The Morgan fingerprint density at radius 2 is 1.90 bits per heavy atom. The third-order valence-corrected chi connectivity index (χ3v) is 4.61. The Balaban J connectivity index is 2.26. The molecule has 11 heteroatoms. The minimum atomic E-state index is -1.35. The molecular weight excluding hydrogens is 524 g/mol. The summed E-state index contributed by atoms with van der Waals surface area (Å²) >= 11 is 6.75. The van der Waals surface area contributed by atoms with E-state index < -0.39 is 17.8 Å². The SMILES string of the molecule is C=C(C)c1cc(Oc2c(Br)cc(NN=C(C#N)C(=O)OC(N)=O)cc2Br)ccc1O. The molecule has 0 atom stereocenters. The molecule has 2 aromatic rings. The zero-order chi connectivity index (χ0) is 22.4. The number of phenolic OH excluding ortho intramolecular Hbond substituents is 1. The molecule has 0 saturated heterocycles. The third-order valence-electron chi connectivity index (χ3n) is 3.44. The number of carbonyl (C=O) groups is 2. The number of hydrogen-bond acceptors (Lipinski definition) is 8. The number of nitriles is 1. The van der Waals surface area contributed by atoms with Gasteiger partial charge in [-0.1, -0.05) is 6.58 Å². The lowest BCUT2D eigenvalue weighted by molar-refractivity contribution is -0.129. The van der Waals surface area contributed by atoms with Crippen LogP contribution in [-0.2, 0) is 9.53 Å². The van der Waals surface area contributed by atoms with Crippen molar-refractivity contribution >= 4 is 60.9 Å². The van der Waals surface area contributed by atoms with E-state index in [2.05, 4.69) is 53.7 Å². The van der Waals surface area contributed by atoms with Gasteiger partial charge in [0.1, 0.15) is 17.6 Å². The van der Waals surface area contributed by atoms with Crippen molar-refractivity contribution in [3.8, 4) is 23.3 Å². The van der Waals surface area contributed by atoms with Gasteiger partial charge in [-0.05, 0) is 74.7 Å². The molecule has 0 heterocycles. The molecule has 30 heavy (non-hydrogen) atoms. The van der Waals surface area contributed by atoms with Crippen LogP contribution in [0.2, 0.25) is 0 Å². The summed E-state index contributed by atoms with van der Waals surface area (Å²) in [5.41, 5.74) is 8.16. The van der Waals surface area contributed by atoms with Crippen molar-refractivity contribution in [3.63, 3.8) is 0 Å². The van der Waals surface area contributed by atoms with Crippen molar-refractivity contribution in [1.82, 2.24) is 0 Å². The summed E-state index contributed by atoms with van der Waals surface area (Å²) in [5.74, 6) is -0.298. The molecule has 154 valence electrons. The van der Waals surface area contributed by atoms with Crippen molar-refractivity contribution in [1.29, 1.82) is 5.26 Å². The lowest BCUT2D eigenvalue weighted by Gasteiger charge is -2.13. The molecule has 0 aliphatic rings. The van der Waals surface area contributed by atoms with Crippen molar-refractivity contribution in [2.45, 2.75) is 6.92 Å². The minimum Gasteiger partial charge on any atom is -0.507 e. The molecule has 0 radical (unpaired) electrons. The Hall–Kier alpha value is -3.36. The fourth-order valence-electron chi connectivity index (χ4n) is 2.14. The highest BCUT2D eigenvalue weighted by Gasteiger charge is 2.16. The predicted molar refractivity (Wildman–Crippen MR) is 117 cm³/mol. The molecule has 2 rings (SSSR count). The van der Waals surface area contributed by atoms with Crippen LogP contribution in [0.5, 0.6) is 17.2 Å². The number of nitrogens with zero attached hydrogens (tertiary/aromatic N) is 2. The van der Waals surface area contributed by atoms with Crippen molar-refractivity contribution in [2.75, 3.05) is 5.43 Å². The van der Waals surface area contributed by atoms with Gasteiger partial charge >= 0.3 is 12.1 Å². The number of aromatic hydroxyl groups is 1. The summed E-state index contributed by atoms with van der Waals surface area (Å²) in [5, 5.41) is 22.4. The van der Waals surface area contributed by atoms with Gasteiger partial charge in [-0.25, -0.2) is 9.59 Å². The van der Waals surface area contributed by atoms with Crippen LogP contribution in [-0.4, -0.2) is 22.9 Å². The Morgan fingerprint density at radius 3 is 2.43 bits per heavy atom. The average Bonchev–Trinajstić information content (AvgIpc) is 2.65. The number of phenols is 1. The van der Waals surface area contributed by atoms with E-state index in [0.717, 1.165) is 0 Å². The first kappa shape index (κ1) is 22.9. The average molecular weight is 538 g/mol. The van der Waals surface area contributed by atoms with Gasteiger partial charge in [0.15, 0.2) is 5.75 Å². The van der Waals surface area contributed by atoms with E-state index in [4.69, 9.17) is 15.7 Å². The number of hydrazone groups is 1. The van der Waals surface area contributed by atoms with E-state index >= 15 is 0 Å². The number of anilines is 1. The van der Waals surface area contributed by atoms with Gasteiger partial charge in [0, 0.05) is 5.56 Å². The molecule has 9 nitrogen and oxygen atoms in total. The number of allylic oxidation sites excluding steroid dienone is 1. The second-order valence-corrected chi connectivity index (χ2v) is 7.43. The van der Waals surface area contributed by atoms with Crippen LogP contribution in [0.1, 0.15) is 12.5 Å². The molecule has 0 saturated carbocycles. The van der Waals surface area contributed by atoms with Crippen molar-refractivity contribution < 1.29 is 24.2 Å². The number of halogens is 2. The zero-order valence-corrected chi connectivity index (χ0v) is 18.6. The van der Waals surface area contributed by atoms with Gasteiger partial charge in [0.25, 0.3) is 0 Å². The van der Waals surface area contributed by atoms with E-state index in [0.29, 0.717) is 37.3 Å². The summed E-state index contributed by atoms with van der Waals surface area (Å²) in [4.78, 5) is 22.1. The largest absolute Gasteiger partial charge is 0.507 e. The van der Waals surface area contributed by atoms with Crippen molar-refractivity contribution in [2.24, 2.45) is 10.8 Å². The maximum atomic E-state index is 11.5. The zero-order valence-electron chi connectivity index (χ0n) is 15.4. The Morgan fingerprint density at radius 1 is 1.27 bits per heavy atom. The first-order valence-corrected chi connectivity index (χ1v) is 9.62. The summed E-state index contributed by atoms with van der Waals surface area (Å²) < 4.78 is 11.0. The van der Waals surface area contributed by atoms with Crippen LogP contribution in [0.15, 0.2) is 51.0 Å². The number of benzene rings is 2. The summed E-state index contributed by atoms with van der Waals surface area (Å²) in [6, 6.07) is 9.41. The molecule has 0 bridgehead atoms. The van der Waals surface area contributed by atoms with Crippen molar-refractivity contribution in [3.05, 3.63) is 51.4 Å². The van der Waals surface area contributed by atoms with E-state index in [1.54, 1.807) is 31.2 Å². The second-order valence-electron chi connectivity index (χ2n) is 5.72. The summed E-state index contributed by atoms with van der Waals surface area (Å²) in [7, 11) is 0. The molecule has 4 N–H and O–H groups in total. The van der Waals surface area contributed by atoms with E-state index in [9.17, 15) is 14.7 Å². The molecule has 0 aliphatic carbocycles. The fourth-order valence-corrected chi connectivity index (χ4v) is 3.49. The topological polar surface area (TPSA) is 147 Å². The molecule has 0 spiro atoms. The van der Waals surface area contributed by atoms with Crippen LogP contribution in [0.3, 0.4) is 0 Å². The molecule has 0 aliphatic heterocycles. The van der Waals surface area contributed by atoms with Crippen LogP contribution in [0, 0.1) is 11.3 Å². The van der Waals surface area contributed by atoms with Gasteiger partial charge < -0.3 is 20.3 Å². The number of carbonyl (C=O) groups excluding carboxylic acids is 2. The van der Waals surface area contributed by atoms with E-state index in [-0.39, 0.29) is 5.75 Å². The predicted octanol–water partition coefficient (Wildman–Crippen LogP) is 4.66. The summed E-state index contributed by atoms with van der Waals surface area (Å²) in [6.07, 6.45) is -1.35. The number of nitrogens with one attached hydrogen (secondary N) is 1. The number of ether oxygens (including phenoxy) is 2.